The van der Waals surface area contributed by atoms with Crippen LogP contribution in [0.4, 0.5) is 5.13 Å². The van der Waals surface area contributed by atoms with E-state index >= 15 is 0 Å². The van der Waals surface area contributed by atoms with Crippen LogP contribution >= 0.6 is 11.3 Å². The first kappa shape index (κ1) is 15.5. The standard InChI is InChI=1S/C11H17N3O4S/c1-5(2)8-7(10(16)17)13-11(19-8)14-9(15)6(12)4-18-3/h5-6H,4,12H2,1-3H3,(H,16,17)(H,13,14,15)/t6-/m0/s1. The molecule has 0 spiro atoms. The number of amides is 1. The van der Waals surface area contributed by atoms with Gasteiger partial charge in [-0.2, -0.15) is 0 Å². The van der Waals surface area contributed by atoms with Crippen molar-refractivity contribution in [3.8, 4) is 0 Å². The van der Waals surface area contributed by atoms with Crippen LogP contribution in [0.25, 0.3) is 0 Å². The maximum atomic E-state index is 11.7. The van der Waals surface area contributed by atoms with Crippen LogP contribution in [0, 0.1) is 0 Å². The van der Waals surface area contributed by atoms with Crippen LogP contribution in [-0.4, -0.2) is 41.7 Å². The number of rotatable bonds is 6. The number of nitrogens with two attached hydrogens (primary N) is 1. The largest absolute Gasteiger partial charge is 0.476 e. The number of aromatic carboxylic acids is 1. The number of hydrogen-bond acceptors (Lipinski definition) is 6. The Labute approximate surface area is 114 Å². The molecule has 1 atom stereocenters. The number of carbonyl (C=O) groups is 2. The summed E-state index contributed by atoms with van der Waals surface area (Å²) in [6.07, 6.45) is 0. The lowest BCUT2D eigenvalue weighted by atomic mass is 10.1. The number of nitrogens with one attached hydrogen (secondary N) is 1. The maximum absolute atomic E-state index is 11.7. The fraction of sp³-hybridized carbons (Fsp3) is 0.545. The topological polar surface area (TPSA) is 115 Å². The summed E-state index contributed by atoms with van der Waals surface area (Å²) in [6.45, 7) is 3.81. The molecule has 0 unspecified atom stereocenters. The van der Waals surface area contributed by atoms with Crippen molar-refractivity contribution in [2.24, 2.45) is 5.73 Å². The number of thiazole rings is 1. The molecule has 0 aliphatic rings. The van der Waals surface area contributed by atoms with Gasteiger partial charge in [0.2, 0.25) is 5.91 Å². The minimum Gasteiger partial charge on any atom is -0.476 e. The van der Waals surface area contributed by atoms with Gasteiger partial charge in [0.1, 0.15) is 6.04 Å². The Balaban J connectivity index is 2.88. The summed E-state index contributed by atoms with van der Waals surface area (Å²) >= 11 is 1.14. The number of methoxy groups -OCH3 is 1. The van der Waals surface area contributed by atoms with E-state index in [2.05, 4.69) is 10.3 Å². The van der Waals surface area contributed by atoms with Crippen LogP contribution in [0.15, 0.2) is 0 Å². The van der Waals surface area contributed by atoms with E-state index in [1.165, 1.54) is 7.11 Å². The molecule has 8 heteroatoms. The molecule has 0 aliphatic heterocycles. The Morgan fingerprint density at radius 2 is 2.16 bits per heavy atom. The van der Waals surface area contributed by atoms with Crippen molar-refractivity contribution in [1.29, 1.82) is 0 Å². The predicted molar refractivity (Wildman–Crippen MR) is 71.6 cm³/mol. The molecule has 106 valence electrons. The Bertz CT molecular complexity index is 473. The molecule has 0 aromatic carbocycles. The molecular formula is C11H17N3O4S. The number of anilines is 1. The van der Waals surface area contributed by atoms with E-state index < -0.39 is 17.9 Å². The van der Waals surface area contributed by atoms with E-state index in [9.17, 15) is 9.59 Å². The number of hydrogen-bond donors (Lipinski definition) is 3. The number of carboxylic acid groups (broad SMARTS) is 1. The van der Waals surface area contributed by atoms with Crippen LogP contribution in [-0.2, 0) is 9.53 Å². The lowest BCUT2D eigenvalue weighted by Crippen LogP contribution is -2.39. The van der Waals surface area contributed by atoms with E-state index in [0.29, 0.717) is 4.88 Å². The highest BCUT2D eigenvalue weighted by molar-refractivity contribution is 7.16. The lowest BCUT2D eigenvalue weighted by molar-refractivity contribution is -0.118. The molecule has 0 saturated carbocycles. The second kappa shape index (κ2) is 6.60. The molecule has 0 radical (unpaired) electrons. The van der Waals surface area contributed by atoms with Gasteiger partial charge in [0.15, 0.2) is 10.8 Å². The van der Waals surface area contributed by atoms with E-state index in [4.69, 9.17) is 15.6 Å². The Kier molecular flexibility index (Phi) is 5.40. The zero-order valence-electron chi connectivity index (χ0n) is 11.0. The molecule has 1 aromatic rings. The normalized spacial score (nSPS) is 12.5. The molecule has 1 amide bonds. The Morgan fingerprint density at radius 1 is 1.53 bits per heavy atom. The van der Waals surface area contributed by atoms with Gasteiger partial charge in [0, 0.05) is 12.0 Å². The van der Waals surface area contributed by atoms with Crippen LogP contribution in [0.5, 0.6) is 0 Å². The van der Waals surface area contributed by atoms with E-state index in [1.54, 1.807) is 0 Å². The summed E-state index contributed by atoms with van der Waals surface area (Å²) in [5.74, 6) is -1.55. The number of nitrogens with zero attached hydrogens (tertiary/aromatic N) is 1. The van der Waals surface area contributed by atoms with E-state index in [0.717, 1.165) is 11.3 Å². The number of carboxylic acids is 1. The monoisotopic (exact) mass is 287 g/mol. The van der Waals surface area contributed by atoms with Gasteiger partial charge in [-0.15, -0.1) is 11.3 Å². The second-order valence-corrected chi connectivity index (χ2v) is 5.27. The summed E-state index contributed by atoms with van der Waals surface area (Å²) < 4.78 is 4.77. The lowest BCUT2D eigenvalue weighted by Gasteiger charge is -2.08. The molecule has 0 aliphatic carbocycles. The summed E-state index contributed by atoms with van der Waals surface area (Å²) in [5.41, 5.74) is 5.53. The van der Waals surface area contributed by atoms with Gasteiger partial charge >= 0.3 is 5.97 Å². The molecule has 4 N–H and O–H groups in total. The molecule has 1 rings (SSSR count). The van der Waals surface area contributed by atoms with Crippen molar-refractivity contribution in [2.45, 2.75) is 25.8 Å². The van der Waals surface area contributed by atoms with Crippen LogP contribution in [0.2, 0.25) is 0 Å². The number of aromatic nitrogens is 1. The van der Waals surface area contributed by atoms with Crippen LogP contribution in [0.3, 0.4) is 0 Å². The predicted octanol–water partition coefficient (Wildman–Crippen LogP) is 0.877. The van der Waals surface area contributed by atoms with Crippen LogP contribution in [0.1, 0.15) is 35.1 Å². The summed E-state index contributed by atoms with van der Waals surface area (Å²) in [7, 11) is 1.44. The summed E-state index contributed by atoms with van der Waals surface area (Å²) in [4.78, 5) is 27.2. The Hall–Kier alpha value is -1.51. The molecule has 19 heavy (non-hydrogen) atoms. The third kappa shape index (κ3) is 3.98. The third-order valence-corrected chi connectivity index (χ3v) is 3.56. The van der Waals surface area contributed by atoms with Crippen molar-refractivity contribution in [3.05, 3.63) is 10.6 Å². The molecule has 1 heterocycles. The van der Waals surface area contributed by atoms with Gasteiger partial charge in [-0.05, 0) is 5.92 Å². The highest BCUT2D eigenvalue weighted by atomic mass is 32.1. The molecule has 0 saturated heterocycles. The quantitative estimate of drug-likeness (QED) is 0.715. The summed E-state index contributed by atoms with van der Waals surface area (Å²) in [6, 6.07) is -0.815. The fourth-order valence-corrected chi connectivity index (χ4v) is 2.35. The van der Waals surface area contributed by atoms with Gasteiger partial charge < -0.3 is 20.9 Å². The fourth-order valence-electron chi connectivity index (χ4n) is 1.38. The van der Waals surface area contributed by atoms with Crippen molar-refractivity contribution in [2.75, 3.05) is 19.0 Å². The second-order valence-electron chi connectivity index (χ2n) is 4.24. The van der Waals surface area contributed by atoms with Gasteiger partial charge in [-0.25, -0.2) is 9.78 Å². The average molecular weight is 287 g/mol. The minimum atomic E-state index is -1.11. The van der Waals surface area contributed by atoms with Gasteiger partial charge in [-0.3, -0.25) is 4.79 Å². The average Bonchev–Trinajstić information content (AvgIpc) is 2.73. The SMILES string of the molecule is COC[C@H](N)C(=O)Nc1nc(C(=O)O)c(C(C)C)s1. The van der Waals surface area contributed by atoms with Gasteiger partial charge in [0.25, 0.3) is 0 Å². The molecule has 1 aromatic heterocycles. The van der Waals surface area contributed by atoms with Crippen molar-refractivity contribution in [1.82, 2.24) is 4.98 Å². The summed E-state index contributed by atoms with van der Waals surface area (Å²) in [5, 5.41) is 11.8. The number of ether oxygens (including phenoxy) is 1. The van der Waals surface area contributed by atoms with Crippen LogP contribution < -0.4 is 11.1 Å². The van der Waals surface area contributed by atoms with E-state index in [1.807, 2.05) is 13.8 Å². The highest BCUT2D eigenvalue weighted by Crippen LogP contribution is 2.29. The third-order valence-electron chi connectivity index (χ3n) is 2.29. The van der Waals surface area contributed by atoms with Gasteiger partial charge in [0.05, 0.1) is 6.61 Å². The van der Waals surface area contributed by atoms with Crippen molar-refractivity contribution in [3.63, 3.8) is 0 Å². The van der Waals surface area contributed by atoms with Crippen molar-refractivity contribution < 1.29 is 19.4 Å². The molecule has 7 nitrogen and oxygen atoms in total. The first-order valence-corrected chi connectivity index (χ1v) is 6.47. The highest BCUT2D eigenvalue weighted by Gasteiger charge is 2.22. The molecule has 0 fully saturated rings. The number of carbonyl (C=O) groups excluding carboxylic acids is 1. The molecular weight excluding hydrogens is 270 g/mol. The van der Waals surface area contributed by atoms with E-state index in [-0.39, 0.29) is 23.4 Å². The zero-order chi connectivity index (χ0) is 14.6. The first-order valence-electron chi connectivity index (χ1n) is 5.66. The maximum Gasteiger partial charge on any atom is 0.355 e. The van der Waals surface area contributed by atoms with Gasteiger partial charge in [-0.1, -0.05) is 13.8 Å². The van der Waals surface area contributed by atoms with Crippen molar-refractivity contribution >= 4 is 28.3 Å². The smallest absolute Gasteiger partial charge is 0.355 e. The minimum absolute atomic E-state index is 0.0156. The molecule has 0 bridgehead atoms. The Morgan fingerprint density at radius 3 is 2.58 bits per heavy atom. The first-order chi connectivity index (χ1) is 8.86. The zero-order valence-corrected chi connectivity index (χ0v) is 11.8.